The van der Waals surface area contributed by atoms with E-state index in [4.69, 9.17) is 19.0 Å². The van der Waals surface area contributed by atoms with Crippen LogP contribution in [0.15, 0.2) is 76.4 Å². The molecular weight excluding hydrogens is 446 g/mol. The molecule has 1 unspecified atom stereocenters. The smallest absolute Gasteiger partial charge is 0.256 e. The van der Waals surface area contributed by atoms with Crippen LogP contribution in [0, 0.1) is 6.92 Å². The van der Waals surface area contributed by atoms with E-state index in [1.165, 1.54) is 0 Å². The molecule has 9 nitrogen and oxygen atoms in total. The minimum absolute atomic E-state index is 0.300. The summed E-state index contributed by atoms with van der Waals surface area (Å²) in [6.07, 6.45) is 0. The predicted octanol–water partition coefficient (Wildman–Crippen LogP) is 4.79. The fourth-order valence-corrected chi connectivity index (χ4v) is 4.11. The van der Waals surface area contributed by atoms with Gasteiger partial charge < -0.3 is 24.5 Å². The number of hydrogen-bond donors (Lipinski definition) is 2. The van der Waals surface area contributed by atoms with Crippen molar-refractivity contribution in [1.82, 2.24) is 14.8 Å². The van der Waals surface area contributed by atoms with Gasteiger partial charge in [0.25, 0.3) is 5.91 Å². The Balaban J connectivity index is 1.56. The van der Waals surface area contributed by atoms with Crippen LogP contribution in [0.1, 0.15) is 24.5 Å². The van der Waals surface area contributed by atoms with E-state index < -0.39 is 6.04 Å². The molecule has 0 radical (unpaired) electrons. The average molecular weight is 472 g/mol. The van der Waals surface area contributed by atoms with Crippen molar-refractivity contribution in [2.24, 2.45) is 0 Å². The van der Waals surface area contributed by atoms with Gasteiger partial charge in [0.15, 0.2) is 5.82 Å². The fourth-order valence-electron chi connectivity index (χ4n) is 4.11. The number of rotatable bonds is 6. The number of furan rings is 1. The SMILES string of the molecule is COc1ccc(-c2nc3n(n2)C(c2ccc(C)o2)C(C(=O)Nc2ccccc2OC)=C(C)N3)cc1. The van der Waals surface area contributed by atoms with Gasteiger partial charge in [-0.05, 0) is 62.4 Å². The highest BCUT2D eigenvalue weighted by atomic mass is 16.5. The lowest BCUT2D eigenvalue weighted by Gasteiger charge is -2.27. The molecule has 9 heteroatoms. The first-order chi connectivity index (χ1) is 17.0. The number of aromatic nitrogens is 3. The summed E-state index contributed by atoms with van der Waals surface area (Å²) in [6.45, 7) is 3.70. The van der Waals surface area contributed by atoms with Crippen LogP contribution in [-0.2, 0) is 4.79 Å². The lowest BCUT2D eigenvalue weighted by atomic mass is 10.00. The third-order valence-corrected chi connectivity index (χ3v) is 5.83. The Bertz CT molecular complexity index is 1420. The molecule has 2 N–H and O–H groups in total. The topological polar surface area (TPSA) is 103 Å². The van der Waals surface area contributed by atoms with Crippen LogP contribution in [0.2, 0.25) is 0 Å². The third kappa shape index (κ3) is 4.12. The minimum atomic E-state index is -0.617. The number of fused-ring (bicyclic) bond motifs is 1. The monoisotopic (exact) mass is 471 g/mol. The van der Waals surface area contributed by atoms with Crippen molar-refractivity contribution in [3.05, 3.63) is 83.5 Å². The molecule has 0 spiro atoms. The van der Waals surface area contributed by atoms with Crippen molar-refractivity contribution in [1.29, 1.82) is 0 Å². The van der Waals surface area contributed by atoms with Crippen LogP contribution >= 0.6 is 0 Å². The highest BCUT2D eigenvalue weighted by Crippen LogP contribution is 2.38. The van der Waals surface area contributed by atoms with Gasteiger partial charge in [0.1, 0.15) is 29.1 Å². The van der Waals surface area contributed by atoms with Crippen molar-refractivity contribution in [3.8, 4) is 22.9 Å². The summed E-state index contributed by atoms with van der Waals surface area (Å²) in [5.41, 5.74) is 2.50. The molecule has 1 amide bonds. The van der Waals surface area contributed by atoms with E-state index >= 15 is 0 Å². The summed E-state index contributed by atoms with van der Waals surface area (Å²) in [4.78, 5) is 18.3. The number of hydrogen-bond acceptors (Lipinski definition) is 7. The van der Waals surface area contributed by atoms with Crippen molar-refractivity contribution in [2.75, 3.05) is 24.9 Å². The summed E-state index contributed by atoms with van der Waals surface area (Å²) in [7, 11) is 3.18. The van der Waals surface area contributed by atoms with Crippen LogP contribution in [0.3, 0.4) is 0 Å². The maximum atomic E-state index is 13.6. The number of benzene rings is 2. The van der Waals surface area contributed by atoms with Crippen LogP contribution < -0.4 is 20.1 Å². The van der Waals surface area contributed by atoms with Gasteiger partial charge in [0, 0.05) is 11.3 Å². The molecule has 5 rings (SSSR count). The number of nitrogens with zero attached hydrogens (tertiary/aromatic N) is 3. The van der Waals surface area contributed by atoms with Gasteiger partial charge in [-0.1, -0.05) is 12.1 Å². The van der Waals surface area contributed by atoms with Gasteiger partial charge in [-0.15, -0.1) is 5.10 Å². The van der Waals surface area contributed by atoms with Crippen LogP contribution in [0.4, 0.5) is 11.6 Å². The summed E-state index contributed by atoms with van der Waals surface area (Å²) < 4.78 is 18.3. The number of allylic oxidation sites excluding steroid dienone is 1. The van der Waals surface area contributed by atoms with E-state index in [2.05, 4.69) is 15.6 Å². The molecule has 1 atom stereocenters. The number of carbonyl (C=O) groups excluding carboxylic acids is 1. The van der Waals surface area contributed by atoms with Crippen molar-refractivity contribution in [3.63, 3.8) is 0 Å². The summed E-state index contributed by atoms with van der Waals surface area (Å²) in [5, 5.41) is 11.0. The first-order valence-electron chi connectivity index (χ1n) is 11.1. The van der Waals surface area contributed by atoms with Crippen molar-refractivity contribution < 1.29 is 18.7 Å². The number of nitrogens with one attached hydrogen (secondary N) is 2. The van der Waals surface area contributed by atoms with Gasteiger partial charge in [-0.25, -0.2) is 4.68 Å². The molecule has 2 aromatic carbocycles. The third-order valence-electron chi connectivity index (χ3n) is 5.83. The quantitative estimate of drug-likeness (QED) is 0.417. The molecule has 1 aliphatic heterocycles. The molecule has 178 valence electrons. The second-order valence-electron chi connectivity index (χ2n) is 8.10. The molecular formula is C26H25N5O4. The standard InChI is InChI=1S/C26H25N5O4/c1-15-9-14-21(35-15)23-22(25(32)28-19-7-5-6-8-20(19)34-4)16(2)27-26-29-24(30-31(23)26)17-10-12-18(33-3)13-11-17/h5-14,23H,1-4H3,(H,28,32)(H,27,29,30). The maximum absolute atomic E-state index is 13.6. The molecule has 3 heterocycles. The minimum Gasteiger partial charge on any atom is -0.497 e. The Morgan fingerprint density at radius 2 is 1.80 bits per heavy atom. The Morgan fingerprint density at radius 1 is 1.03 bits per heavy atom. The van der Waals surface area contributed by atoms with Gasteiger partial charge in [0.2, 0.25) is 5.95 Å². The van der Waals surface area contributed by atoms with Crippen molar-refractivity contribution >= 4 is 17.5 Å². The molecule has 4 aromatic rings. The molecule has 0 aliphatic carbocycles. The first kappa shape index (κ1) is 22.3. The molecule has 0 fully saturated rings. The van der Waals surface area contributed by atoms with Crippen LogP contribution in [0.5, 0.6) is 11.5 Å². The Morgan fingerprint density at radius 3 is 2.49 bits per heavy atom. The second-order valence-corrected chi connectivity index (χ2v) is 8.10. The van der Waals surface area contributed by atoms with Crippen molar-refractivity contribution in [2.45, 2.75) is 19.9 Å². The lowest BCUT2D eigenvalue weighted by molar-refractivity contribution is -0.113. The highest BCUT2D eigenvalue weighted by molar-refractivity contribution is 6.06. The Labute approximate surface area is 202 Å². The summed E-state index contributed by atoms with van der Waals surface area (Å²) in [6, 6.07) is 17.9. The average Bonchev–Trinajstić information content (AvgIpc) is 3.49. The number of amides is 1. The fraction of sp³-hybridized carbons (Fsp3) is 0.192. The number of aryl methyl sites for hydroxylation is 1. The number of anilines is 2. The highest BCUT2D eigenvalue weighted by Gasteiger charge is 2.36. The Kier molecular flexibility index (Phi) is 5.74. The van der Waals surface area contributed by atoms with E-state index in [9.17, 15) is 4.79 Å². The predicted molar refractivity (Wildman–Crippen MR) is 132 cm³/mol. The zero-order valence-electron chi connectivity index (χ0n) is 19.8. The molecule has 2 aromatic heterocycles. The number of carbonyl (C=O) groups is 1. The Hall–Kier alpha value is -4.53. The molecule has 0 saturated carbocycles. The second kappa shape index (κ2) is 9.02. The largest absolute Gasteiger partial charge is 0.497 e. The number of para-hydroxylation sites is 2. The van der Waals surface area contributed by atoms with E-state index in [1.807, 2.05) is 62.4 Å². The molecule has 35 heavy (non-hydrogen) atoms. The number of methoxy groups -OCH3 is 2. The van der Waals surface area contributed by atoms with E-state index in [1.54, 1.807) is 31.0 Å². The maximum Gasteiger partial charge on any atom is 0.256 e. The van der Waals surface area contributed by atoms with Gasteiger partial charge in [-0.2, -0.15) is 4.98 Å². The van der Waals surface area contributed by atoms with Gasteiger partial charge in [0.05, 0.1) is 25.5 Å². The van der Waals surface area contributed by atoms with E-state index in [0.29, 0.717) is 40.2 Å². The van der Waals surface area contributed by atoms with Gasteiger partial charge >= 0.3 is 0 Å². The zero-order chi connectivity index (χ0) is 24.5. The van der Waals surface area contributed by atoms with E-state index in [0.717, 1.165) is 17.1 Å². The molecule has 0 bridgehead atoms. The first-order valence-corrected chi connectivity index (χ1v) is 11.1. The van der Waals surface area contributed by atoms with Gasteiger partial charge in [-0.3, -0.25) is 4.79 Å². The summed E-state index contributed by atoms with van der Waals surface area (Å²) in [5.74, 6) is 3.36. The molecule has 0 saturated heterocycles. The van der Waals surface area contributed by atoms with Crippen LogP contribution in [0.25, 0.3) is 11.4 Å². The normalized spacial score (nSPS) is 14.8. The zero-order valence-corrected chi connectivity index (χ0v) is 19.8. The lowest BCUT2D eigenvalue weighted by Crippen LogP contribution is -2.31. The number of ether oxygens (including phenoxy) is 2. The van der Waals surface area contributed by atoms with E-state index in [-0.39, 0.29) is 5.91 Å². The van der Waals surface area contributed by atoms with Crippen LogP contribution in [-0.4, -0.2) is 34.9 Å². The summed E-state index contributed by atoms with van der Waals surface area (Å²) >= 11 is 0. The molecule has 1 aliphatic rings.